The van der Waals surface area contributed by atoms with E-state index in [0.717, 1.165) is 26.5 Å². The van der Waals surface area contributed by atoms with Crippen LogP contribution in [0.4, 0.5) is 0 Å². The fraction of sp³-hybridized carbons (Fsp3) is 0.150. The molecule has 0 unspecified atom stereocenters. The number of carbonyl (C=O) groups excluding carboxylic acids is 1. The third-order valence-corrected chi connectivity index (χ3v) is 5.11. The minimum Gasteiger partial charge on any atom is -0.350 e. The Morgan fingerprint density at radius 1 is 1.08 bits per heavy atom. The molecule has 0 saturated heterocycles. The molecule has 130 valence electrons. The number of nitrogens with one attached hydrogen (secondary N) is 1. The first-order chi connectivity index (χ1) is 12.8. The van der Waals surface area contributed by atoms with Gasteiger partial charge in [0.1, 0.15) is 5.01 Å². The summed E-state index contributed by atoms with van der Waals surface area (Å²) >= 11 is 1.62. The largest absolute Gasteiger partial charge is 0.350 e. The third-order valence-electron chi connectivity index (χ3n) is 4.07. The first-order valence-electron chi connectivity index (χ1n) is 8.48. The summed E-state index contributed by atoms with van der Waals surface area (Å²) in [7, 11) is 0. The first kappa shape index (κ1) is 16.5. The maximum absolute atomic E-state index is 12.1. The molecule has 0 spiro atoms. The Bertz CT molecular complexity index is 989. The van der Waals surface area contributed by atoms with Gasteiger partial charge in [-0.15, -0.1) is 11.3 Å². The summed E-state index contributed by atoms with van der Waals surface area (Å²) < 4.78 is 2.97. The van der Waals surface area contributed by atoms with E-state index in [4.69, 9.17) is 0 Å². The molecule has 0 aliphatic rings. The number of benzene rings is 2. The highest BCUT2D eigenvalue weighted by Gasteiger charge is 2.07. The smallest absolute Gasteiger partial charge is 0.220 e. The number of carbonyl (C=O) groups is 1. The van der Waals surface area contributed by atoms with Gasteiger partial charge in [-0.3, -0.25) is 4.79 Å². The maximum atomic E-state index is 12.1. The van der Waals surface area contributed by atoms with E-state index in [-0.39, 0.29) is 5.91 Å². The highest BCUT2D eigenvalue weighted by Crippen LogP contribution is 2.21. The number of nitrogens with zero attached hydrogens (tertiary/aromatic N) is 3. The van der Waals surface area contributed by atoms with Gasteiger partial charge < -0.3 is 5.32 Å². The van der Waals surface area contributed by atoms with Gasteiger partial charge in [-0.2, -0.15) is 5.10 Å². The molecule has 0 bridgehead atoms. The molecule has 1 N–H and O–H groups in total. The fourth-order valence-electron chi connectivity index (χ4n) is 2.73. The summed E-state index contributed by atoms with van der Waals surface area (Å²) in [6.07, 6.45) is 4.88. The Hall–Kier alpha value is -2.99. The van der Waals surface area contributed by atoms with Crippen LogP contribution in [0, 0.1) is 0 Å². The van der Waals surface area contributed by atoms with Crippen molar-refractivity contribution in [2.24, 2.45) is 0 Å². The van der Waals surface area contributed by atoms with Crippen molar-refractivity contribution < 1.29 is 4.79 Å². The Labute approximate surface area is 155 Å². The molecule has 2 aromatic heterocycles. The summed E-state index contributed by atoms with van der Waals surface area (Å²) in [5.41, 5.74) is 3.04. The van der Waals surface area contributed by atoms with E-state index in [1.54, 1.807) is 11.3 Å². The predicted molar refractivity (Wildman–Crippen MR) is 103 cm³/mol. The molecule has 4 rings (SSSR count). The normalized spacial score (nSPS) is 10.9. The van der Waals surface area contributed by atoms with E-state index in [0.29, 0.717) is 19.4 Å². The second kappa shape index (κ2) is 7.49. The topological polar surface area (TPSA) is 59.8 Å². The number of hydrogen-bond donors (Lipinski definition) is 1. The minimum atomic E-state index is 0.0247. The molecule has 0 aliphatic heterocycles. The van der Waals surface area contributed by atoms with Crippen molar-refractivity contribution in [1.82, 2.24) is 20.1 Å². The lowest BCUT2D eigenvalue weighted by atomic mass is 10.2. The average Bonchev–Trinajstić information content (AvgIpc) is 3.32. The van der Waals surface area contributed by atoms with Crippen LogP contribution in [0.3, 0.4) is 0 Å². The van der Waals surface area contributed by atoms with Gasteiger partial charge in [0, 0.05) is 12.6 Å². The first-order valence-corrected chi connectivity index (χ1v) is 9.30. The maximum Gasteiger partial charge on any atom is 0.220 e. The van der Waals surface area contributed by atoms with E-state index in [1.807, 2.05) is 71.7 Å². The molecule has 0 aliphatic carbocycles. The van der Waals surface area contributed by atoms with E-state index in [1.165, 1.54) is 0 Å². The van der Waals surface area contributed by atoms with Gasteiger partial charge in [-0.05, 0) is 36.2 Å². The Morgan fingerprint density at radius 2 is 1.88 bits per heavy atom. The Balaban J connectivity index is 1.29. The molecule has 6 heteroatoms. The van der Waals surface area contributed by atoms with Gasteiger partial charge in [0.15, 0.2) is 0 Å². The van der Waals surface area contributed by atoms with Gasteiger partial charge in [-0.25, -0.2) is 9.67 Å². The van der Waals surface area contributed by atoms with Gasteiger partial charge in [0.05, 0.1) is 28.6 Å². The Kier molecular flexibility index (Phi) is 4.75. The molecule has 0 saturated carbocycles. The lowest BCUT2D eigenvalue weighted by molar-refractivity contribution is -0.121. The van der Waals surface area contributed by atoms with Crippen LogP contribution >= 0.6 is 11.3 Å². The lowest BCUT2D eigenvalue weighted by Crippen LogP contribution is -2.22. The van der Waals surface area contributed by atoms with Gasteiger partial charge in [0.2, 0.25) is 5.91 Å². The predicted octanol–water partition coefficient (Wildman–Crippen LogP) is 3.73. The molecular weight excluding hydrogens is 344 g/mol. The number of fused-ring (bicyclic) bond motifs is 1. The van der Waals surface area contributed by atoms with Crippen molar-refractivity contribution in [2.75, 3.05) is 0 Å². The quantitative estimate of drug-likeness (QED) is 0.568. The summed E-state index contributed by atoms with van der Waals surface area (Å²) in [6.45, 7) is 0.474. The number of aryl methyl sites for hydroxylation is 1. The van der Waals surface area contributed by atoms with E-state index < -0.39 is 0 Å². The van der Waals surface area contributed by atoms with Crippen molar-refractivity contribution in [3.8, 4) is 5.69 Å². The van der Waals surface area contributed by atoms with Gasteiger partial charge >= 0.3 is 0 Å². The number of amides is 1. The molecule has 0 fully saturated rings. The summed E-state index contributed by atoms with van der Waals surface area (Å²) in [6, 6.07) is 17.9. The van der Waals surface area contributed by atoms with Crippen molar-refractivity contribution in [2.45, 2.75) is 19.4 Å². The molecule has 4 aromatic rings. The lowest BCUT2D eigenvalue weighted by Gasteiger charge is -2.02. The van der Waals surface area contributed by atoms with E-state index in [9.17, 15) is 4.79 Å². The third kappa shape index (κ3) is 3.81. The molecule has 0 atom stereocenters. The van der Waals surface area contributed by atoms with Gasteiger partial charge in [-0.1, -0.05) is 30.3 Å². The fourth-order valence-corrected chi connectivity index (χ4v) is 3.63. The molecule has 1 amide bonds. The SMILES string of the molecule is O=C(CCc1cnn(-c2ccccc2)c1)NCc1nc2ccccc2s1. The minimum absolute atomic E-state index is 0.0247. The van der Waals surface area contributed by atoms with E-state index in [2.05, 4.69) is 15.4 Å². The Morgan fingerprint density at radius 3 is 2.73 bits per heavy atom. The average molecular weight is 362 g/mol. The highest BCUT2D eigenvalue weighted by atomic mass is 32.1. The van der Waals surface area contributed by atoms with Crippen LogP contribution in [0.5, 0.6) is 0 Å². The number of aromatic nitrogens is 3. The second-order valence-corrected chi connectivity index (χ2v) is 7.10. The number of para-hydroxylation sites is 2. The van der Waals surface area contributed by atoms with Crippen molar-refractivity contribution in [3.63, 3.8) is 0 Å². The van der Waals surface area contributed by atoms with Crippen molar-refractivity contribution in [1.29, 1.82) is 0 Å². The summed E-state index contributed by atoms with van der Waals surface area (Å²) in [5, 5.41) is 8.24. The zero-order chi connectivity index (χ0) is 17.8. The molecule has 26 heavy (non-hydrogen) atoms. The van der Waals surface area contributed by atoms with Crippen LogP contribution in [0.15, 0.2) is 67.0 Å². The summed E-state index contributed by atoms with van der Waals surface area (Å²) in [5.74, 6) is 0.0247. The number of hydrogen-bond acceptors (Lipinski definition) is 4. The summed E-state index contributed by atoms with van der Waals surface area (Å²) in [4.78, 5) is 16.7. The zero-order valence-electron chi connectivity index (χ0n) is 14.1. The molecule has 2 aromatic carbocycles. The number of thiazole rings is 1. The monoisotopic (exact) mass is 362 g/mol. The van der Waals surface area contributed by atoms with Crippen LogP contribution in [-0.4, -0.2) is 20.7 Å². The van der Waals surface area contributed by atoms with Crippen molar-refractivity contribution in [3.05, 3.63) is 77.6 Å². The highest BCUT2D eigenvalue weighted by molar-refractivity contribution is 7.18. The van der Waals surface area contributed by atoms with E-state index >= 15 is 0 Å². The van der Waals surface area contributed by atoms with Crippen LogP contribution in [0.1, 0.15) is 17.0 Å². The van der Waals surface area contributed by atoms with Crippen LogP contribution < -0.4 is 5.32 Å². The van der Waals surface area contributed by atoms with Crippen LogP contribution in [0.2, 0.25) is 0 Å². The molecule has 2 heterocycles. The molecule has 0 radical (unpaired) electrons. The standard InChI is InChI=1S/C20H18N4OS/c25-19(21-13-20-23-17-8-4-5-9-18(17)26-20)11-10-15-12-22-24(14-15)16-6-2-1-3-7-16/h1-9,12,14H,10-11,13H2,(H,21,25). The second-order valence-electron chi connectivity index (χ2n) is 5.98. The van der Waals surface area contributed by atoms with Crippen LogP contribution in [-0.2, 0) is 17.8 Å². The number of rotatable bonds is 6. The van der Waals surface area contributed by atoms with Gasteiger partial charge in [0.25, 0.3) is 0 Å². The molecular formula is C20H18N4OS. The molecule has 5 nitrogen and oxygen atoms in total. The van der Waals surface area contributed by atoms with Crippen LogP contribution in [0.25, 0.3) is 15.9 Å². The zero-order valence-corrected chi connectivity index (χ0v) is 14.9. The van der Waals surface area contributed by atoms with Crippen molar-refractivity contribution >= 4 is 27.5 Å².